The van der Waals surface area contributed by atoms with E-state index in [1.807, 2.05) is 38.1 Å². The fourth-order valence-corrected chi connectivity index (χ4v) is 2.54. The smallest absolute Gasteiger partial charge is 0.0804 e. The van der Waals surface area contributed by atoms with Crippen molar-refractivity contribution in [2.45, 2.75) is 13.8 Å². The quantitative estimate of drug-likeness (QED) is 0.546. The molecule has 0 bridgehead atoms. The molecule has 100 valence electrons. The number of aryl methyl sites for hydroxylation is 1. The van der Waals surface area contributed by atoms with Gasteiger partial charge in [0.2, 0.25) is 0 Å². The number of nitrogen functional groups attached to an aromatic ring is 1. The molecule has 0 spiro atoms. The molecule has 3 heteroatoms. The molecule has 3 nitrogen and oxygen atoms in total. The first-order valence-electron chi connectivity index (χ1n) is 6.64. The molecule has 0 aliphatic heterocycles. The van der Waals surface area contributed by atoms with Crippen LogP contribution in [0.5, 0.6) is 0 Å². The minimum absolute atomic E-state index is 0.949. The van der Waals surface area contributed by atoms with Gasteiger partial charge in [-0.15, -0.1) is 0 Å². The van der Waals surface area contributed by atoms with Crippen molar-refractivity contribution in [1.82, 2.24) is 4.98 Å². The number of aromatic nitrogens is 1. The number of fused-ring (bicyclic) bond motifs is 1. The van der Waals surface area contributed by atoms with Gasteiger partial charge in [-0.1, -0.05) is 48.5 Å². The van der Waals surface area contributed by atoms with Gasteiger partial charge in [0.15, 0.2) is 0 Å². The molecule has 3 rings (SSSR count). The highest BCUT2D eigenvalue weighted by Crippen LogP contribution is 2.33. The average molecular weight is 263 g/mol. The zero-order valence-corrected chi connectivity index (χ0v) is 11.6. The summed E-state index contributed by atoms with van der Waals surface area (Å²) in [5, 5.41) is 1.05. The molecule has 1 aromatic heterocycles. The first-order chi connectivity index (χ1) is 9.72. The van der Waals surface area contributed by atoms with E-state index in [1.54, 1.807) is 0 Å². The summed E-state index contributed by atoms with van der Waals surface area (Å²) >= 11 is 0. The Kier molecular flexibility index (Phi) is 3.12. The van der Waals surface area contributed by atoms with Crippen molar-refractivity contribution < 1.29 is 0 Å². The Hall–Kier alpha value is -2.39. The van der Waals surface area contributed by atoms with E-state index in [0.29, 0.717) is 0 Å². The summed E-state index contributed by atoms with van der Waals surface area (Å²) in [4.78, 5) is 4.76. The fraction of sp³-hybridized carbons (Fsp3) is 0.118. The molecule has 0 saturated heterocycles. The minimum Gasteiger partial charge on any atom is -0.323 e. The number of benzene rings is 2. The summed E-state index contributed by atoms with van der Waals surface area (Å²) in [6.07, 6.45) is 0. The Morgan fingerprint density at radius 3 is 2.40 bits per heavy atom. The second kappa shape index (κ2) is 4.94. The molecule has 0 atom stereocenters. The third kappa shape index (κ3) is 1.92. The van der Waals surface area contributed by atoms with E-state index in [0.717, 1.165) is 39.0 Å². The van der Waals surface area contributed by atoms with Crippen LogP contribution in [0.15, 0.2) is 48.5 Å². The van der Waals surface area contributed by atoms with Crippen LogP contribution in [0, 0.1) is 13.8 Å². The van der Waals surface area contributed by atoms with Gasteiger partial charge in [0, 0.05) is 16.6 Å². The molecule has 3 aromatic rings. The van der Waals surface area contributed by atoms with Gasteiger partial charge >= 0.3 is 0 Å². The van der Waals surface area contributed by atoms with Crippen molar-refractivity contribution in [1.29, 1.82) is 0 Å². The maximum atomic E-state index is 5.70. The number of rotatable bonds is 2. The lowest BCUT2D eigenvalue weighted by Crippen LogP contribution is -2.10. The Bertz CT molecular complexity index is 764. The molecule has 20 heavy (non-hydrogen) atoms. The van der Waals surface area contributed by atoms with Crippen LogP contribution in [0.4, 0.5) is 5.69 Å². The number of nitrogens with zero attached hydrogens (tertiary/aromatic N) is 1. The van der Waals surface area contributed by atoms with Gasteiger partial charge in [-0.2, -0.15) is 0 Å². The monoisotopic (exact) mass is 263 g/mol. The fourth-order valence-electron chi connectivity index (χ4n) is 2.54. The predicted molar refractivity (Wildman–Crippen MR) is 84.5 cm³/mol. The lowest BCUT2D eigenvalue weighted by molar-refractivity contribution is 1.18. The van der Waals surface area contributed by atoms with Gasteiger partial charge in [-0.25, -0.2) is 0 Å². The Balaban J connectivity index is 2.39. The molecular formula is C17H17N3. The highest BCUT2D eigenvalue weighted by atomic mass is 15.2. The Morgan fingerprint density at radius 2 is 1.70 bits per heavy atom. The standard InChI is InChI=1S/C17H17N3/c1-11-12(2)19-17-14(13-7-4-3-5-8-13)9-6-10-15(17)16(11)20-18/h3-10H,18H2,1-2H3,(H,19,20). The highest BCUT2D eigenvalue weighted by Gasteiger charge is 2.12. The number of para-hydroxylation sites is 1. The maximum absolute atomic E-state index is 5.70. The van der Waals surface area contributed by atoms with Crippen molar-refractivity contribution in [2.24, 2.45) is 5.84 Å². The third-order valence-corrected chi connectivity index (χ3v) is 3.73. The van der Waals surface area contributed by atoms with Crippen molar-refractivity contribution in [3.8, 4) is 11.1 Å². The van der Waals surface area contributed by atoms with Crippen molar-refractivity contribution in [3.63, 3.8) is 0 Å². The third-order valence-electron chi connectivity index (χ3n) is 3.73. The van der Waals surface area contributed by atoms with Gasteiger partial charge in [0.25, 0.3) is 0 Å². The summed E-state index contributed by atoms with van der Waals surface area (Å²) in [7, 11) is 0. The van der Waals surface area contributed by atoms with Crippen molar-refractivity contribution >= 4 is 16.6 Å². The number of nitrogens with two attached hydrogens (primary N) is 1. The van der Waals surface area contributed by atoms with E-state index < -0.39 is 0 Å². The Morgan fingerprint density at radius 1 is 0.950 bits per heavy atom. The zero-order valence-electron chi connectivity index (χ0n) is 11.6. The van der Waals surface area contributed by atoms with E-state index in [4.69, 9.17) is 10.8 Å². The molecule has 1 heterocycles. The molecule has 0 aliphatic carbocycles. The molecule has 0 fully saturated rings. The summed E-state index contributed by atoms with van der Waals surface area (Å²) in [6.45, 7) is 4.05. The van der Waals surface area contributed by atoms with Gasteiger partial charge in [0.1, 0.15) is 0 Å². The number of hydrazine groups is 1. The predicted octanol–water partition coefficient (Wildman–Crippen LogP) is 3.80. The molecule has 0 radical (unpaired) electrons. The molecule has 0 unspecified atom stereocenters. The molecular weight excluding hydrogens is 246 g/mol. The second-order valence-corrected chi connectivity index (χ2v) is 4.91. The maximum Gasteiger partial charge on any atom is 0.0804 e. The van der Waals surface area contributed by atoms with Crippen molar-refractivity contribution in [3.05, 3.63) is 59.8 Å². The second-order valence-electron chi connectivity index (χ2n) is 4.91. The van der Waals surface area contributed by atoms with Crippen molar-refractivity contribution in [2.75, 3.05) is 5.43 Å². The van der Waals surface area contributed by atoms with Crippen LogP contribution in [-0.2, 0) is 0 Å². The first kappa shape index (κ1) is 12.6. The summed E-state index contributed by atoms with van der Waals surface area (Å²) in [6, 6.07) is 16.5. The summed E-state index contributed by atoms with van der Waals surface area (Å²) in [5.74, 6) is 5.70. The topological polar surface area (TPSA) is 50.9 Å². The van der Waals surface area contributed by atoms with Crippen LogP contribution in [0.2, 0.25) is 0 Å². The van der Waals surface area contributed by atoms with E-state index in [1.165, 1.54) is 0 Å². The number of hydrogen-bond donors (Lipinski definition) is 2. The SMILES string of the molecule is Cc1nc2c(-c3ccccc3)cccc2c(NN)c1C. The van der Waals surface area contributed by atoms with Gasteiger partial charge in [-0.3, -0.25) is 10.8 Å². The summed E-state index contributed by atoms with van der Waals surface area (Å²) < 4.78 is 0. The molecule has 2 aromatic carbocycles. The number of pyridine rings is 1. The van der Waals surface area contributed by atoms with E-state index >= 15 is 0 Å². The van der Waals surface area contributed by atoms with Crippen LogP contribution in [0.3, 0.4) is 0 Å². The number of anilines is 1. The average Bonchev–Trinajstić information content (AvgIpc) is 2.49. The number of nitrogens with one attached hydrogen (secondary N) is 1. The van der Waals surface area contributed by atoms with Gasteiger partial charge in [0.05, 0.1) is 11.2 Å². The lowest BCUT2D eigenvalue weighted by Gasteiger charge is -2.14. The van der Waals surface area contributed by atoms with E-state index in [9.17, 15) is 0 Å². The van der Waals surface area contributed by atoms with Gasteiger partial charge < -0.3 is 5.43 Å². The van der Waals surface area contributed by atoms with Crippen LogP contribution in [-0.4, -0.2) is 4.98 Å². The molecule has 0 aliphatic rings. The van der Waals surface area contributed by atoms with E-state index in [2.05, 4.69) is 29.7 Å². The normalized spacial score (nSPS) is 10.8. The Labute approximate surface area is 118 Å². The zero-order chi connectivity index (χ0) is 14.1. The molecule has 0 saturated carbocycles. The van der Waals surface area contributed by atoms with Crippen LogP contribution in [0.1, 0.15) is 11.3 Å². The van der Waals surface area contributed by atoms with Crippen LogP contribution < -0.4 is 11.3 Å². The lowest BCUT2D eigenvalue weighted by atomic mass is 9.99. The number of hydrogen-bond acceptors (Lipinski definition) is 3. The highest BCUT2D eigenvalue weighted by molar-refractivity contribution is 6.01. The minimum atomic E-state index is 0.949. The van der Waals surface area contributed by atoms with Crippen LogP contribution in [0.25, 0.3) is 22.0 Å². The largest absolute Gasteiger partial charge is 0.323 e. The van der Waals surface area contributed by atoms with Crippen LogP contribution >= 0.6 is 0 Å². The molecule has 0 amide bonds. The molecule has 3 N–H and O–H groups in total. The first-order valence-corrected chi connectivity index (χ1v) is 6.64. The van der Waals surface area contributed by atoms with Gasteiger partial charge in [-0.05, 0) is 25.0 Å². The van der Waals surface area contributed by atoms with E-state index in [-0.39, 0.29) is 0 Å². The summed E-state index contributed by atoms with van der Waals surface area (Å²) in [5.41, 5.74) is 9.12.